The van der Waals surface area contributed by atoms with Crippen molar-refractivity contribution in [3.63, 3.8) is 0 Å². The standard InChI is InChI=1S/C13H14BrNS/c1-8(2)12-9(3)16-13(15-12)10-5-4-6-11(14)7-10/h4-8H,1-3H3. The average Bonchev–Trinajstić information content (AvgIpc) is 2.60. The lowest BCUT2D eigenvalue weighted by atomic mass is 10.1. The fraction of sp³-hybridized carbons (Fsp3) is 0.308. The van der Waals surface area contributed by atoms with Gasteiger partial charge in [-0.25, -0.2) is 4.98 Å². The third-order valence-corrected chi connectivity index (χ3v) is 3.98. The Bertz CT molecular complexity index is 502. The fourth-order valence-corrected chi connectivity index (χ4v) is 3.15. The molecule has 0 aliphatic heterocycles. The van der Waals surface area contributed by atoms with E-state index in [1.165, 1.54) is 16.1 Å². The van der Waals surface area contributed by atoms with Crippen LogP contribution in [-0.4, -0.2) is 4.98 Å². The summed E-state index contributed by atoms with van der Waals surface area (Å²) in [6.07, 6.45) is 0. The first-order chi connectivity index (χ1) is 7.58. The molecule has 84 valence electrons. The Morgan fingerprint density at radius 1 is 1.31 bits per heavy atom. The fourth-order valence-electron chi connectivity index (χ4n) is 1.69. The van der Waals surface area contributed by atoms with Crippen molar-refractivity contribution in [1.82, 2.24) is 4.98 Å². The number of rotatable bonds is 2. The second kappa shape index (κ2) is 4.68. The van der Waals surface area contributed by atoms with E-state index in [9.17, 15) is 0 Å². The summed E-state index contributed by atoms with van der Waals surface area (Å²) in [6, 6.07) is 8.30. The summed E-state index contributed by atoms with van der Waals surface area (Å²) < 4.78 is 1.10. The van der Waals surface area contributed by atoms with Crippen molar-refractivity contribution in [2.75, 3.05) is 0 Å². The molecule has 0 unspecified atom stereocenters. The van der Waals surface area contributed by atoms with E-state index in [-0.39, 0.29) is 0 Å². The maximum absolute atomic E-state index is 4.72. The van der Waals surface area contributed by atoms with Crippen LogP contribution in [0.5, 0.6) is 0 Å². The average molecular weight is 296 g/mol. The zero-order chi connectivity index (χ0) is 11.7. The van der Waals surface area contributed by atoms with E-state index in [4.69, 9.17) is 4.98 Å². The second-order valence-corrected chi connectivity index (χ2v) is 6.24. The van der Waals surface area contributed by atoms with Gasteiger partial charge in [0.25, 0.3) is 0 Å². The molecule has 0 N–H and O–H groups in total. The number of halogens is 1. The highest BCUT2D eigenvalue weighted by molar-refractivity contribution is 9.10. The number of hydrogen-bond acceptors (Lipinski definition) is 2. The number of benzene rings is 1. The molecule has 1 nitrogen and oxygen atoms in total. The van der Waals surface area contributed by atoms with Gasteiger partial charge in [-0.3, -0.25) is 0 Å². The van der Waals surface area contributed by atoms with Gasteiger partial charge in [-0.2, -0.15) is 0 Å². The Kier molecular flexibility index (Phi) is 3.45. The summed E-state index contributed by atoms with van der Waals surface area (Å²) in [4.78, 5) is 6.04. The SMILES string of the molecule is Cc1sc(-c2cccc(Br)c2)nc1C(C)C. The molecule has 0 atom stereocenters. The Morgan fingerprint density at radius 3 is 2.62 bits per heavy atom. The van der Waals surface area contributed by atoms with Crippen LogP contribution in [0.4, 0.5) is 0 Å². The van der Waals surface area contributed by atoms with Gasteiger partial charge in [0.1, 0.15) is 5.01 Å². The van der Waals surface area contributed by atoms with Gasteiger partial charge in [-0.15, -0.1) is 11.3 Å². The van der Waals surface area contributed by atoms with Gasteiger partial charge in [0.15, 0.2) is 0 Å². The normalized spacial score (nSPS) is 11.1. The highest BCUT2D eigenvalue weighted by Crippen LogP contribution is 2.31. The van der Waals surface area contributed by atoms with Crippen LogP contribution >= 0.6 is 27.3 Å². The zero-order valence-corrected chi connectivity index (χ0v) is 12.0. The molecular formula is C13H14BrNS. The number of hydrogen-bond donors (Lipinski definition) is 0. The minimum Gasteiger partial charge on any atom is -0.241 e. The van der Waals surface area contributed by atoms with Crippen molar-refractivity contribution in [1.29, 1.82) is 0 Å². The van der Waals surface area contributed by atoms with Crippen molar-refractivity contribution >= 4 is 27.3 Å². The van der Waals surface area contributed by atoms with Crippen LogP contribution in [0.25, 0.3) is 10.6 Å². The number of thiazole rings is 1. The molecule has 2 aromatic rings. The lowest BCUT2D eigenvalue weighted by Gasteiger charge is -2.00. The first-order valence-electron chi connectivity index (χ1n) is 5.31. The Hall–Kier alpha value is -0.670. The van der Waals surface area contributed by atoms with Crippen molar-refractivity contribution < 1.29 is 0 Å². The zero-order valence-electron chi connectivity index (χ0n) is 9.62. The number of aryl methyl sites for hydroxylation is 1. The van der Waals surface area contributed by atoms with E-state index in [0.717, 1.165) is 9.48 Å². The summed E-state index contributed by atoms with van der Waals surface area (Å²) in [7, 11) is 0. The molecule has 1 aromatic carbocycles. The summed E-state index contributed by atoms with van der Waals surface area (Å²) >= 11 is 5.26. The maximum atomic E-state index is 4.72. The molecule has 16 heavy (non-hydrogen) atoms. The van der Waals surface area contributed by atoms with Crippen molar-refractivity contribution in [2.45, 2.75) is 26.7 Å². The van der Waals surface area contributed by atoms with Gasteiger partial charge in [0, 0.05) is 14.9 Å². The van der Waals surface area contributed by atoms with Gasteiger partial charge < -0.3 is 0 Å². The third-order valence-electron chi connectivity index (χ3n) is 2.45. The molecule has 0 aliphatic rings. The topological polar surface area (TPSA) is 12.9 Å². The molecule has 0 bridgehead atoms. The lowest BCUT2D eigenvalue weighted by molar-refractivity contribution is 0.826. The van der Waals surface area contributed by atoms with Crippen LogP contribution in [0.1, 0.15) is 30.3 Å². The van der Waals surface area contributed by atoms with E-state index in [1.807, 2.05) is 12.1 Å². The molecule has 1 aromatic heterocycles. The van der Waals surface area contributed by atoms with Crippen LogP contribution in [0.2, 0.25) is 0 Å². The summed E-state index contributed by atoms with van der Waals surface area (Å²) in [5, 5.41) is 1.11. The smallest absolute Gasteiger partial charge is 0.123 e. The third kappa shape index (κ3) is 2.36. The molecule has 2 rings (SSSR count). The van der Waals surface area contributed by atoms with Gasteiger partial charge in [0.2, 0.25) is 0 Å². The van der Waals surface area contributed by atoms with Gasteiger partial charge in [0.05, 0.1) is 5.69 Å². The van der Waals surface area contributed by atoms with Crippen molar-refractivity contribution in [3.05, 3.63) is 39.3 Å². The number of aromatic nitrogens is 1. The first kappa shape index (κ1) is 11.8. The van der Waals surface area contributed by atoms with E-state index in [1.54, 1.807) is 11.3 Å². The van der Waals surface area contributed by atoms with Crippen LogP contribution in [-0.2, 0) is 0 Å². The Morgan fingerprint density at radius 2 is 2.06 bits per heavy atom. The Labute approximate surface area is 109 Å². The van der Waals surface area contributed by atoms with E-state index in [2.05, 4.69) is 48.8 Å². The molecule has 0 saturated carbocycles. The van der Waals surface area contributed by atoms with Crippen molar-refractivity contribution in [2.24, 2.45) is 0 Å². The van der Waals surface area contributed by atoms with Crippen LogP contribution < -0.4 is 0 Å². The molecule has 0 aliphatic carbocycles. The molecule has 0 spiro atoms. The maximum Gasteiger partial charge on any atom is 0.123 e. The van der Waals surface area contributed by atoms with Crippen LogP contribution in [0, 0.1) is 6.92 Å². The Balaban J connectivity index is 2.45. The van der Waals surface area contributed by atoms with E-state index >= 15 is 0 Å². The summed E-state index contributed by atoms with van der Waals surface area (Å²) in [6.45, 7) is 6.52. The minimum atomic E-state index is 0.497. The number of nitrogens with zero attached hydrogens (tertiary/aromatic N) is 1. The first-order valence-corrected chi connectivity index (χ1v) is 6.92. The second-order valence-electron chi connectivity index (χ2n) is 4.13. The highest BCUT2D eigenvalue weighted by atomic mass is 79.9. The van der Waals surface area contributed by atoms with Gasteiger partial charge in [-0.05, 0) is 25.0 Å². The summed E-state index contributed by atoms with van der Waals surface area (Å²) in [5.74, 6) is 0.497. The molecule has 1 heterocycles. The predicted octanol–water partition coefficient (Wildman–Crippen LogP) is 5.00. The van der Waals surface area contributed by atoms with E-state index in [0.29, 0.717) is 5.92 Å². The van der Waals surface area contributed by atoms with Crippen LogP contribution in [0.15, 0.2) is 28.7 Å². The molecule has 0 radical (unpaired) electrons. The monoisotopic (exact) mass is 295 g/mol. The molecular weight excluding hydrogens is 282 g/mol. The highest BCUT2D eigenvalue weighted by Gasteiger charge is 2.11. The van der Waals surface area contributed by atoms with Gasteiger partial charge in [-0.1, -0.05) is 41.9 Å². The van der Waals surface area contributed by atoms with E-state index < -0.39 is 0 Å². The molecule has 0 fully saturated rings. The minimum absolute atomic E-state index is 0.497. The summed E-state index contributed by atoms with van der Waals surface area (Å²) in [5.41, 5.74) is 2.41. The van der Waals surface area contributed by atoms with Crippen molar-refractivity contribution in [3.8, 4) is 10.6 Å². The molecule has 3 heteroatoms. The predicted molar refractivity (Wildman–Crippen MR) is 74.1 cm³/mol. The lowest BCUT2D eigenvalue weighted by Crippen LogP contribution is -1.89. The largest absolute Gasteiger partial charge is 0.241 e. The quantitative estimate of drug-likeness (QED) is 0.759. The van der Waals surface area contributed by atoms with Crippen LogP contribution in [0.3, 0.4) is 0 Å². The van der Waals surface area contributed by atoms with Gasteiger partial charge >= 0.3 is 0 Å². The molecule has 0 amide bonds. The molecule has 0 saturated heterocycles.